The molecular formula is C21H25ClN2O2. The average molecular weight is 373 g/mol. The van der Waals surface area contributed by atoms with Crippen LogP contribution in [0.15, 0.2) is 24.3 Å². The lowest BCUT2D eigenvalue weighted by molar-refractivity contribution is -0.185. The Labute approximate surface area is 159 Å². The van der Waals surface area contributed by atoms with Crippen LogP contribution in [0.25, 0.3) is 0 Å². The molecule has 1 heterocycles. The van der Waals surface area contributed by atoms with Crippen molar-refractivity contribution in [3.8, 4) is 0 Å². The summed E-state index contributed by atoms with van der Waals surface area (Å²) in [5, 5.41) is -0.543. The van der Waals surface area contributed by atoms with Gasteiger partial charge in [-0.1, -0.05) is 24.3 Å². The molecule has 4 aliphatic carbocycles. The fourth-order valence-corrected chi connectivity index (χ4v) is 7.23. The lowest BCUT2D eigenvalue weighted by atomic mass is 9.46. The van der Waals surface area contributed by atoms with Crippen molar-refractivity contribution in [2.45, 2.75) is 56.5 Å². The van der Waals surface area contributed by atoms with Crippen LogP contribution in [0.5, 0.6) is 0 Å². The van der Waals surface area contributed by atoms with Crippen molar-refractivity contribution in [3.05, 3.63) is 35.4 Å². The van der Waals surface area contributed by atoms with E-state index in [1.165, 1.54) is 6.42 Å². The predicted molar refractivity (Wildman–Crippen MR) is 99.4 cm³/mol. The monoisotopic (exact) mass is 372 g/mol. The van der Waals surface area contributed by atoms with Crippen molar-refractivity contribution >= 4 is 23.4 Å². The molecule has 6 rings (SSSR count). The number of nitrogens with two attached hydrogens (primary N) is 1. The molecule has 4 bridgehead atoms. The van der Waals surface area contributed by atoms with E-state index < -0.39 is 10.8 Å². The van der Waals surface area contributed by atoms with E-state index in [1.807, 2.05) is 17.0 Å². The summed E-state index contributed by atoms with van der Waals surface area (Å²) in [6.45, 7) is 2.06. The van der Waals surface area contributed by atoms with E-state index in [0.29, 0.717) is 17.8 Å². The first-order chi connectivity index (χ1) is 12.4. The summed E-state index contributed by atoms with van der Waals surface area (Å²) in [7, 11) is 0. The van der Waals surface area contributed by atoms with Crippen molar-refractivity contribution in [3.63, 3.8) is 0 Å². The van der Waals surface area contributed by atoms with Gasteiger partial charge in [-0.2, -0.15) is 0 Å². The minimum Gasteiger partial charge on any atom is -0.369 e. The van der Waals surface area contributed by atoms with Gasteiger partial charge in [0, 0.05) is 6.04 Å². The van der Waals surface area contributed by atoms with E-state index in [0.717, 1.165) is 36.8 Å². The molecule has 138 valence electrons. The Morgan fingerprint density at radius 3 is 2.46 bits per heavy atom. The van der Waals surface area contributed by atoms with E-state index in [9.17, 15) is 9.59 Å². The van der Waals surface area contributed by atoms with Gasteiger partial charge in [0.2, 0.25) is 11.8 Å². The fraction of sp³-hybridized carbons (Fsp3) is 0.619. The maximum Gasteiger partial charge on any atom is 0.243 e. The van der Waals surface area contributed by atoms with Gasteiger partial charge in [0.1, 0.15) is 5.38 Å². The topological polar surface area (TPSA) is 63.4 Å². The zero-order valence-electron chi connectivity index (χ0n) is 15.0. The van der Waals surface area contributed by atoms with E-state index >= 15 is 0 Å². The second kappa shape index (κ2) is 5.48. The van der Waals surface area contributed by atoms with Crippen LogP contribution < -0.4 is 5.73 Å². The molecule has 2 amide bonds. The van der Waals surface area contributed by atoms with Crippen LogP contribution in [-0.4, -0.2) is 28.1 Å². The number of β-lactam (4-membered cyclic amide) rings is 1. The number of carbonyl (C=O) groups excluding carboxylic acids is 2. The smallest absolute Gasteiger partial charge is 0.243 e. The molecule has 4 nitrogen and oxygen atoms in total. The van der Waals surface area contributed by atoms with E-state index in [1.54, 1.807) is 0 Å². The van der Waals surface area contributed by atoms with Crippen molar-refractivity contribution in [1.29, 1.82) is 0 Å². The van der Waals surface area contributed by atoms with Gasteiger partial charge in [0.15, 0.2) is 0 Å². The molecule has 26 heavy (non-hydrogen) atoms. The summed E-state index contributed by atoms with van der Waals surface area (Å²) >= 11 is 6.50. The van der Waals surface area contributed by atoms with Gasteiger partial charge in [0.25, 0.3) is 0 Å². The highest BCUT2D eigenvalue weighted by atomic mass is 35.5. The largest absolute Gasteiger partial charge is 0.369 e. The highest BCUT2D eigenvalue weighted by molar-refractivity contribution is 6.33. The summed E-state index contributed by atoms with van der Waals surface area (Å²) in [4.78, 5) is 27.5. The van der Waals surface area contributed by atoms with Crippen molar-refractivity contribution in [2.24, 2.45) is 28.9 Å². The predicted octanol–water partition coefficient (Wildman–Crippen LogP) is 3.17. The molecule has 2 N–H and O–H groups in total. The van der Waals surface area contributed by atoms with Crippen LogP contribution in [0.3, 0.4) is 0 Å². The first kappa shape index (κ1) is 16.6. The summed E-state index contributed by atoms with van der Waals surface area (Å²) in [6, 6.07) is 7.88. The zero-order chi connectivity index (χ0) is 18.2. The van der Waals surface area contributed by atoms with Crippen LogP contribution >= 0.6 is 11.6 Å². The summed E-state index contributed by atoms with van der Waals surface area (Å²) < 4.78 is 0. The van der Waals surface area contributed by atoms with E-state index in [4.69, 9.17) is 17.3 Å². The first-order valence-electron chi connectivity index (χ1n) is 9.74. The number of nitrogens with zero attached hydrogens (tertiary/aromatic N) is 1. The highest BCUT2D eigenvalue weighted by Gasteiger charge is 2.66. The number of likely N-dealkylation sites (tertiary alicyclic amines) is 1. The summed E-state index contributed by atoms with van der Waals surface area (Å²) in [6.07, 6.45) is 5.15. The Kier molecular flexibility index (Phi) is 3.50. The molecule has 5 fully saturated rings. The molecule has 0 spiro atoms. The fourth-order valence-electron chi connectivity index (χ4n) is 6.86. The van der Waals surface area contributed by atoms with Crippen molar-refractivity contribution in [1.82, 2.24) is 4.90 Å². The van der Waals surface area contributed by atoms with Gasteiger partial charge in [-0.05, 0) is 67.9 Å². The van der Waals surface area contributed by atoms with Gasteiger partial charge in [0.05, 0.1) is 11.5 Å². The van der Waals surface area contributed by atoms with Crippen LogP contribution in [0.4, 0.5) is 0 Å². The maximum atomic E-state index is 12.9. The molecule has 4 saturated carbocycles. The van der Waals surface area contributed by atoms with E-state index in [2.05, 4.69) is 19.1 Å². The van der Waals surface area contributed by atoms with Crippen molar-refractivity contribution < 1.29 is 9.59 Å². The lowest BCUT2D eigenvalue weighted by Gasteiger charge is -2.65. The molecule has 1 aliphatic heterocycles. The normalized spacial score (nSPS) is 43.5. The molecule has 1 aromatic rings. The van der Waals surface area contributed by atoms with Gasteiger partial charge >= 0.3 is 0 Å². The molecule has 5 unspecified atom stereocenters. The minimum atomic E-state index is -0.553. The Morgan fingerprint density at radius 1 is 1.19 bits per heavy atom. The third-order valence-electron chi connectivity index (χ3n) is 7.62. The van der Waals surface area contributed by atoms with Gasteiger partial charge < -0.3 is 10.6 Å². The number of benzene rings is 1. The molecule has 0 radical (unpaired) electrons. The molecule has 1 aromatic carbocycles. The van der Waals surface area contributed by atoms with Gasteiger partial charge in [-0.15, -0.1) is 11.6 Å². The van der Waals surface area contributed by atoms with Crippen molar-refractivity contribution in [2.75, 3.05) is 0 Å². The minimum absolute atomic E-state index is 0.0296. The van der Waals surface area contributed by atoms with Gasteiger partial charge in [-0.3, -0.25) is 9.59 Å². The summed E-state index contributed by atoms with van der Waals surface area (Å²) in [5.41, 5.74) is 7.66. The van der Waals surface area contributed by atoms with Crippen LogP contribution in [0.2, 0.25) is 0 Å². The van der Waals surface area contributed by atoms with Crippen LogP contribution in [-0.2, 0) is 9.59 Å². The van der Waals surface area contributed by atoms with Crippen LogP contribution in [0, 0.1) is 30.1 Å². The Hall–Kier alpha value is -1.55. The first-order valence-corrected chi connectivity index (χ1v) is 10.2. The maximum absolute atomic E-state index is 12.9. The number of hydrogen-bond donors (Lipinski definition) is 1. The average Bonchev–Trinajstić information content (AvgIpc) is 2.60. The number of aryl methyl sites for hydroxylation is 1. The summed E-state index contributed by atoms with van der Waals surface area (Å²) in [5.74, 6) is 1.33. The third-order valence-corrected chi connectivity index (χ3v) is 8.05. The molecule has 5 aliphatic rings. The highest BCUT2D eigenvalue weighted by Crippen LogP contribution is 2.63. The third kappa shape index (κ3) is 2.02. The number of alkyl halides is 1. The molecule has 5 atom stereocenters. The standard InChI is InChI=1S/C21H25ClN2O2/c1-11-4-2-3-5-15(11)17-16(22)19(25)24(17)18-14-7-12-6-13(8-14)10-21(18,9-12)20(23)26/h2-5,12-14,16-18H,6-10H2,1H3,(H2,23,26). The number of carbonyl (C=O) groups is 2. The number of amides is 2. The Morgan fingerprint density at radius 2 is 1.85 bits per heavy atom. The van der Waals surface area contributed by atoms with Crippen LogP contribution in [0.1, 0.15) is 49.3 Å². The zero-order valence-corrected chi connectivity index (χ0v) is 15.8. The Balaban J connectivity index is 1.58. The van der Waals surface area contributed by atoms with E-state index in [-0.39, 0.29) is 23.9 Å². The molecule has 1 saturated heterocycles. The number of halogens is 1. The molecule has 5 heteroatoms. The Bertz CT molecular complexity index is 780. The number of primary amides is 1. The quantitative estimate of drug-likeness (QED) is 0.654. The molecule has 0 aromatic heterocycles. The second-order valence-electron chi connectivity index (χ2n) is 9.02. The second-order valence-corrected chi connectivity index (χ2v) is 9.49. The molecular weight excluding hydrogens is 348 g/mol. The van der Waals surface area contributed by atoms with Gasteiger partial charge in [-0.25, -0.2) is 0 Å². The number of rotatable bonds is 3. The number of hydrogen-bond acceptors (Lipinski definition) is 2. The lowest BCUT2D eigenvalue weighted by Crippen LogP contribution is -2.72. The SMILES string of the molecule is Cc1ccccc1C1C(Cl)C(=O)N1C1C2CC3CC(C2)CC1(C(N)=O)C3.